The lowest BCUT2D eigenvalue weighted by Crippen LogP contribution is -2.46. The van der Waals surface area contributed by atoms with Crippen LogP contribution in [0.25, 0.3) is 0 Å². The molecule has 1 saturated heterocycles. The second-order valence-electron chi connectivity index (χ2n) is 6.68. The van der Waals surface area contributed by atoms with Gasteiger partial charge in [0.25, 0.3) is 0 Å². The first kappa shape index (κ1) is 17.6. The smallest absolute Gasteiger partial charge is 0.242 e. The largest absolute Gasteiger partial charge is 0.387 e. The highest BCUT2D eigenvalue weighted by atomic mass is 16.3. The summed E-state index contributed by atoms with van der Waals surface area (Å²) >= 11 is 0. The number of imidazole rings is 1. The summed E-state index contributed by atoms with van der Waals surface area (Å²) < 4.78 is 1.75. The molecule has 0 spiro atoms. The molecule has 1 aliphatic heterocycles. The highest BCUT2D eigenvalue weighted by Gasteiger charge is 2.39. The number of carbonyl (C=O) groups is 1. The molecule has 1 aliphatic rings. The van der Waals surface area contributed by atoms with Crippen molar-refractivity contribution in [3.8, 4) is 0 Å². The van der Waals surface area contributed by atoms with Gasteiger partial charge in [-0.05, 0) is 30.7 Å². The fraction of sp³-hybridized carbons (Fsp3) is 0.500. The third kappa shape index (κ3) is 4.64. The number of aliphatic hydroxyl groups is 1. The van der Waals surface area contributed by atoms with Crippen molar-refractivity contribution < 1.29 is 9.90 Å². The molecule has 7 nitrogen and oxygen atoms in total. The van der Waals surface area contributed by atoms with Crippen LogP contribution in [-0.4, -0.2) is 67.1 Å². The van der Waals surface area contributed by atoms with Crippen molar-refractivity contribution in [2.45, 2.75) is 32.0 Å². The number of likely N-dealkylation sites (N-methyl/N-ethyl adjacent to an activating group) is 1. The fourth-order valence-electron chi connectivity index (χ4n) is 3.28. The Balaban J connectivity index is 1.55. The van der Waals surface area contributed by atoms with Gasteiger partial charge in [0, 0.05) is 44.4 Å². The summed E-state index contributed by atoms with van der Waals surface area (Å²) in [7, 11) is 0. The van der Waals surface area contributed by atoms with Crippen molar-refractivity contribution in [1.29, 1.82) is 0 Å². The summed E-state index contributed by atoms with van der Waals surface area (Å²) in [4.78, 5) is 24.3. The fourth-order valence-corrected chi connectivity index (χ4v) is 3.28. The quantitative estimate of drug-likeness (QED) is 0.804. The van der Waals surface area contributed by atoms with Gasteiger partial charge >= 0.3 is 0 Å². The Labute approximate surface area is 147 Å². The van der Waals surface area contributed by atoms with E-state index in [-0.39, 0.29) is 12.5 Å². The maximum atomic E-state index is 12.4. The van der Waals surface area contributed by atoms with Gasteiger partial charge in [0.15, 0.2) is 0 Å². The first-order chi connectivity index (χ1) is 12.1. The Morgan fingerprint density at radius 2 is 2.12 bits per heavy atom. The molecule has 2 aromatic heterocycles. The third-order valence-electron chi connectivity index (χ3n) is 4.68. The molecule has 134 valence electrons. The molecule has 2 aromatic rings. The molecule has 0 bridgehead atoms. The van der Waals surface area contributed by atoms with Gasteiger partial charge < -0.3 is 14.6 Å². The van der Waals surface area contributed by atoms with Crippen LogP contribution in [0.1, 0.15) is 18.9 Å². The molecule has 1 amide bonds. The van der Waals surface area contributed by atoms with Crippen molar-refractivity contribution in [1.82, 2.24) is 24.3 Å². The minimum absolute atomic E-state index is 0.0195. The molecule has 25 heavy (non-hydrogen) atoms. The monoisotopic (exact) mass is 343 g/mol. The van der Waals surface area contributed by atoms with Crippen LogP contribution in [-0.2, 0) is 17.9 Å². The number of carbonyl (C=O) groups excluding carboxylic acids is 1. The van der Waals surface area contributed by atoms with Gasteiger partial charge in [-0.2, -0.15) is 0 Å². The number of rotatable bonds is 7. The average molecular weight is 343 g/mol. The van der Waals surface area contributed by atoms with E-state index in [1.54, 1.807) is 40.6 Å². The standard InChI is InChI=1S/C18H25N5O2/c1-2-21(11-16-3-6-19-7-4-16)13-18(25)5-9-23(14-18)17(24)12-22-10-8-20-15-22/h3-4,6-8,10,15,25H,2,5,9,11-14H2,1H3. The van der Waals surface area contributed by atoms with Gasteiger partial charge in [-0.1, -0.05) is 6.92 Å². The van der Waals surface area contributed by atoms with Gasteiger partial charge in [-0.25, -0.2) is 4.98 Å². The van der Waals surface area contributed by atoms with Gasteiger partial charge in [-0.15, -0.1) is 0 Å². The molecule has 1 N–H and O–H groups in total. The Kier molecular flexibility index (Phi) is 5.45. The van der Waals surface area contributed by atoms with E-state index >= 15 is 0 Å². The SMILES string of the molecule is CCN(Cc1ccncc1)CC1(O)CCN(C(=O)Cn2ccnc2)C1. The number of amides is 1. The lowest BCUT2D eigenvalue weighted by Gasteiger charge is -2.30. The summed E-state index contributed by atoms with van der Waals surface area (Å²) in [6.45, 7) is 5.49. The molecule has 1 unspecified atom stereocenters. The topological polar surface area (TPSA) is 74.5 Å². The van der Waals surface area contributed by atoms with Crippen LogP contribution in [0.3, 0.4) is 0 Å². The van der Waals surface area contributed by atoms with E-state index in [4.69, 9.17) is 0 Å². The molecule has 0 radical (unpaired) electrons. The van der Waals surface area contributed by atoms with Gasteiger partial charge in [-0.3, -0.25) is 14.7 Å². The second-order valence-corrected chi connectivity index (χ2v) is 6.68. The van der Waals surface area contributed by atoms with Crippen LogP contribution in [0.2, 0.25) is 0 Å². The van der Waals surface area contributed by atoms with Crippen molar-refractivity contribution in [2.75, 3.05) is 26.2 Å². The zero-order chi connectivity index (χ0) is 17.7. The van der Waals surface area contributed by atoms with Crippen LogP contribution in [0, 0.1) is 0 Å². The van der Waals surface area contributed by atoms with Crippen molar-refractivity contribution in [3.05, 3.63) is 48.8 Å². The number of β-amino-alcohol motifs (C(OH)–C–C–N with tert-alkyl or cyclic N) is 1. The second kappa shape index (κ2) is 7.76. The van der Waals surface area contributed by atoms with Gasteiger partial charge in [0.2, 0.25) is 5.91 Å². The van der Waals surface area contributed by atoms with E-state index in [1.165, 1.54) is 5.56 Å². The van der Waals surface area contributed by atoms with E-state index in [0.29, 0.717) is 26.1 Å². The molecule has 1 atom stereocenters. The maximum Gasteiger partial charge on any atom is 0.242 e. The molecule has 3 heterocycles. The van der Waals surface area contributed by atoms with Crippen molar-refractivity contribution in [2.24, 2.45) is 0 Å². The molecule has 7 heteroatoms. The Hall–Kier alpha value is -2.25. The first-order valence-corrected chi connectivity index (χ1v) is 8.65. The lowest BCUT2D eigenvalue weighted by molar-refractivity contribution is -0.132. The predicted molar refractivity (Wildman–Crippen MR) is 93.6 cm³/mol. The zero-order valence-electron chi connectivity index (χ0n) is 14.6. The third-order valence-corrected chi connectivity index (χ3v) is 4.68. The van der Waals surface area contributed by atoms with Crippen LogP contribution in [0.15, 0.2) is 43.2 Å². The molecule has 1 fully saturated rings. The van der Waals surface area contributed by atoms with E-state index in [9.17, 15) is 9.90 Å². The van der Waals surface area contributed by atoms with Crippen LogP contribution in [0.4, 0.5) is 0 Å². The summed E-state index contributed by atoms with van der Waals surface area (Å²) in [5.41, 5.74) is 0.319. The Morgan fingerprint density at radius 1 is 1.32 bits per heavy atom. The summed E-state index contributed by atoms with van der Waals surface area (Å²) in [5.74, 6) is 0.0195. The normalized spacial score (nSPS) is 20.4. The number of pyridine rings is 1. The molecular formula is C18H25N5O2. The Bertz CT molecular complexity index is 676. The van der Waals surface area contributed by atoms with Crippen LogP contribution < -0.4 is 0 Å². The van der Waals surface area contributed by atoms with Crippen molar-refractivity contribution in [3.63, 3.8) is 0 Å². The first-order valence-electron chi connectivity index (χ1n) is 8.65. The number of hydrogen-bond donors (Lipinski definition) is 1. The van der Waals surface area contributed by atoms with Crippen LogP contribution >= 0.6 is 0 Å². The average Bonchev–Trinajstić information content (AvgIpc) is 3.25. The van der Waals surface area contributed by atoms with Crippen molar-refractivity contribution >= 4 is 5.91 Å². The summed E-state index contributed by atoms with van der Waals surface area (Å²) in [5, 5.41) is 10.9. The highest BCUT2D eigenvalue weighted by Crippen LogP contribution is 2.23. The van der Waals surface area contributed by atoms with E-state index in [2.05, 4.69) is 21.8 Å². The molecule has 0 aromatic carbocycles. The number of nitrogens with zero attached hydrogens (tertiary/aromatic N) is 5. The highest BCUT2D eigenvalue weighted by molar-refractivity contribution is 5.76. The van der Waals surface area contributed by atoms with E-state index < -0.39 is 5.60 Å². The Morgan fingerprint density at radius 3 is 2.80 bits per heavy atom. The minimum Gasteiger partial charge on any atom is -0.387 e. The predicted octanol–water partition coefficient (Wildman–Crippen LogP) is 0.764. The molecule has 0 aliphatic carbocycles. The number of likely N-dealkylation sites (tertiary alicyclic amines) is 1. The molecule has 3 rings (SSSR count). The molecule has 0 saturated carbocycles. The zero-order valence-corrected chi connectivity index (χ0v) is 14.6. The maximum absolute atomic E-state index is 12.4. The lowest BCUT2D eigenvalue weighted by atomic mass is 10.0. The molecular weight excluding hydrogens is 318 g/mol. The van der Waals surface area contributed by atoms with Crippen LogP contribution in [0.5, 0.6) is 0 Å². The van der Waals surface area contributed by atoms with E-state index in [0.717, 1.165) is 13.1 Å². The summed E-state index contributed by atoms with van der Waals surface area (Å²) in [6, 6.07) is 3.98. The summed E-state index contributed by atoms with van der Waals surface area (Å²) in [6.07, 6.45) is 9.23. The number of aromatic nitrogens is 3. The van der Waals surface area contributed by atoms with E-state index in [1.807, 2.05) is 12.1 Å². The minimum atomic E-state index is -0.854. The van der Waals surface area contributed by atoms with Gasteiger partial charge in [0.05, 0.1) is 18.5 Å². The number of hydrogen-bond acceptors (Lipinski definition) is 5. The van der Waals surface area contributed by atoms with Gasteiger partial charge in [0.1, 0.15) is 6.54 Å².